The van der Waals surface area contributed by atoms with Gasteiger partial charge in [0.1, 0.15) is 0 Å². The molecule has 1 N–H and O–H groups in total. The van der Waals surface area contributed by atoms with Gasteiger partial charge in [0.2, 0.25) is 6.29 Å². The summed E-state index contributed by atoms with van der Waals surface area (Å²) in [4.78, 5) is 13.8. The molecular weight excluding hydrogens is 246 g/mol. The molecule has 2 aliphatic rings. The van der Waals surface area contributed by atoms with E-state index in [-0.39, 0.29) is 30.6 Å². The summed E-state index contributed by atoms with van der Waals surface area (Å²) in [7, 11) is 0. The Morgan fingerprint density at radius 3 is 2.89 bits per heavy atom. The lowest BCUT2D eigenvalue weighted by Gasteiger charge is -2.35. The highest BCUT2D eigenvalue weighted by atomic mass is 16.7. The average Bonchev–Trinajstić information content (AvgIpc) is 3.21. The summed E-state index contributed by atoms with van der Waals surface area (Å²) in [5.41, 5.74) is 0. The molecule has 2 rings (SSSR count). The molecule has 5 nitrogen and oxygen atoms in total. The van der Waals surface area contributed by atoms with Gasteiger partial charge in [0.25, 0.3) is 5.91 Å². The Hall–Kier alpha value is -1.07. The van der Waals surface area contributed by atoms with Gasteiger partial charge < -0.3 is 19.5 Å². The fraction of sp³-hybridized carbons (Fsp3) is 0.786. The third-order valence-corrected chi connectivity index (χ3v) is 3.65. The fourth-order valence-electron chi connectivity index (χ4n) is 2.44. The van der Waals surface area contributed by atoms with Crippen LogP contribution >= 0.6 is 0 Å². The Bertz CT molecular complexity index is 351. The van der Waals surface area contributed by atoms with E-state index in [1.54, 1.807) is 4.90 Å². The van der Waals surface area contributed by atoms with Crippen molar-refractivity contribution in [3.63, 3.8) is 0 Å². The summed E-state index contributed by atoms with van der Waals surface area (Å²) in [6.07, 6.45) is 3.09. The number of amides is 1. The molecular formula is C14H23NO4. The van der Waals surface area contributed by atoms with E-state index in [1.165, 1.54) is 0 Å². The van der Waals surface area contributed by atoms with Crippen LogP contribution in [0.4, 0.5) is 0 Å². The van der Waals surface area contributed by atoms with Crippen molar-refractivity contribution in [2.24, 2.45) is 11.8 Å². The maximum absolute atomic E-state index is 12.0. The van der Waals surface area contributed by atoms with E-state index in [0.717, 1.165) is 25.9 Å². The van der Waals surface area contributed by atoms with Crippen LogP contribution < -0.4 is 0 Å². The standard InChI is InChI=1S/C14H23NO4/c1-3-18-14-11(5-4-8-16)10(2)9-12(19-14)13(17)15-6-7-15/h9-11,14,16H,3-8H2,1-2H3/t10-,11+,14+/m0/s1. The lowest BCUT2D eigenvalue weighted by molar-refractivity contribution is -0.172. The molecule has 0 spiro atoms. The number of carbonyl (C=O) groups excluding carboxylic acids is 1. The summed E-state index contributed by atoms with van der Waals surface area (Å²) >= 11 is 0. The Kier molecular flexibility index (Phi) is 4.82. The van der Waals surface area contributed by atoms with Gasteiger partial charge in [-0.1, -0.05) is 6.92 Å². The smallest absolute Gasteiger partial charge is 0.288 e. The summed E-state index contributed by atoms with van der Waals surface area (Å²) in [6, 6.07) is 0. The highest BCUT2D eigenvalue weighted by molar-refractivity contribution is 5.93. The first kappa shape index (κ1) is 14.3. The first-order chi connectivity index (χ1) is 9.17. The Morgan fingerprint density at radius 2 is 2.32 bits per heavy atom. The number of aliphatic hydroxyl groups excluding tert-OH is 1. The van der Waals surface area contributed by atoms with E-state index < -0.39 is 0 Å². The van der Waals surface area contributed by atoms with Gasteiger partial charge in [-0.25, -0.2) is 0 Å². The van der Waals surface area contributed by atoms with Gasteiger partial charge >= 0.3 is 0 Å². The van der Waals surface area contributed by atoms with Crippen molar-refractivity contribution >= 4 is 5.91 Å². The first-order valence-electron chi connectivity index (χ1n) is 7.07. The van der Waals surface area contributed by atoms with Crippen LogP contribution in [0.1, 0.15) is 26.7 Å². The molecule has 0 bridgehead atoms. The van der Waals surface area contributed by atoms with E-state index in [2.05, 4.69) is 6.92 Å². The number of carbonyl (C=O) groups is 1. The maximum atomic E-state index is 12.0. The van der Waals surface area contributed by atoms with Gasteiger partial charge in [-0.15, -0.1) is 0 Å². The number of hydrogen-bond donors (Lipinski definition) is 1. The predicted molar refractivity (Wildman–Crippen MR) is 70.1 cm³/mol. The van der Waals surface area contributed by atoms with Gasteiger partial charge in [0, 0.05) is 32.2 Å². The lowest BCUT2D eigenvalue weighted by Crippen LogP contribution is -2.37. The second kappa shape index (κ2) is 6.39. The molecule has 5 heteroatoms. The zero-order valence-electron chi connectivity index (χ0n) is 11.7. The zero-order chi connectivity index (χ0) is 13.8. The predicted octanol–water partition coefficient (Wildman–Crippen LogP) is 1.13. The molecule has 108 valence electrons. The Morgan fingerprint density at radius 1 is 1.58 bits per heavy atom. The van der Waals surface area contributed by atoms with Crippen molar-refractivity contribution in [2.45, 2.75) is 33.0 Å². The second-order valence-electron chi connectivity index (χ2n) is 5.15. The van der Waals surface area contributed by atoms with Crippen LogP contribution in [0.15, 0.2) is 11.8 Å². The molecule has 3 atom stereocenters. The van der Waals surface area contributed by atoms with Crippen LogP contribution in [-0.4, -0.2) is 48.5 Å². The minimum absolute atomic E-state index is 0.0304. The Balaban J connectivity index is 2.06. The van der Waals surface area contributed by atoms with Crippen molar-refractivity contribution in [1.82, 2.24) is 4.90 Å². The van der Waals surface area contributed by atoms with Crippen LogP contribution in [0.2, 0.25) is 0 Å². The molecule has 1 saturated heterocycles. The van der Waals surface area contributed by atoms with Crippen LogP contribution in [0.5, 0.6) is 0 Å². The van der Waals surface area contributed by atoms with Crippen LogP contribution in [0, 0.1) is 11.8 Å². The SMILES string of the molecule is CCO[C@@H]1OC(C(=O)N2CC2)=C[C@H](C)[C@H]1CCCO. The molecule has 0 aromatic heterocycles. The quantitative estimate of drug-likeness (QED) is 0.734. The number of nitrogens with zero attached hydrogens (tertiary/aromatic N) is 1. The van der Waals surface area contributed by atoms with Crippen LogP contribution in [-0.2, 0) is 14.3 Å². The molecule has 0 aromatic carbocycles. The average molecular weight is 269 g/mol. The molecule has 0 aromatic rings. The van der Waals surface area contributed by atoms with E-state index in [1.807, 2.05) is 13.0 Å². The molecule has 0 aliphatic carbocycles. The second-order valence-corrected chi connectivity index (χ2v) is 5.15. The van der Waals surface area contributed by atoms with Crippen molar-refractivity contribution in [3.05, 3.63) is 11.8 Å². The van der Waals surface area contributed by atoms with Gasteiger partial charge in [0.15, 0.2) is 5.76 Å². The van der Waals surface area contributed by atoms with E-state index in [0.29, 0.717) is 12.4 Å². The fourth-order valence-corrected chi connectivity index (χ4v) is 2.44. The largest absolute Gasteiger partial charge is 0.459 e. The topological polar surface area (TPSA) is 58.8 Å². The molecule has 1 fully saturated rings. The lowest BCUT2D eigenvalue weighted by atomic mass is 9.87. The number of rotatable bonds is 6. The normalized spacial score (nSPS) is 29.7. The summed E-state index contributed by atoms with van der Waals surface area (Å²) in [6.45, 7) is 6.36. The van der Waals surface area contributed by atoms with Gasteiger partial charge in [-0.3, -0.25) is 4.79 Å². The van der Waals surface area contributed by atoms with Crippen molar-refractivity contribution in [1.29, 1.82) is 0 Å². The number of ether oxygens (including phenoxy) is 2. The molecule has 0 radical (unpaired) electrons. The molecule has 1 amide bonds. The molecule has 0 saturated carbocycles. The maximum Gasteiger partial charge on any atom is 0.288 e. The van der Waals surface area contributed by atoms with Crippen molar-refractivity contribution in [2.75, 3.05) is 26.3 Å². The van der Waals surface area contributed by atoms with E-state index in [4.69, 9.17) is 14.6 Å². The molecule has 0 unspecified atom stereocenters. The number of allylic oxidation sites excluding steroid dienone is 1. The highest BCUT2D eigenvalue weighted by Crippen LogP contribution is 2.33. The minimum atomic E-state index is -0.379. The monoisotopic (exact) mass is 269 g/mol. The van der Waals surface area contributed by atoms with E-state index in [9.17, 15) is 4.79 Å². The van der Waals surface area contributed by atoms with Gasteiger partial charge in [-0.05, 0) is 31.8 Å². The van der Waals surface area contributed by atoms with Gasteiger partial charge in [-0.2, -0.15) is 0 Å². The van der Waals surface area contributed by atoms with E-state index >= 15 is 0 Å². The number of hydrogen-bond acceptors (Lipinski definition) is 4. The minimum Gasteiger partial charge on any atom is -0.459 e. The van der Waals surface area contributed by atoms with Crippen LogP contribution in [0.25, 0.3) is 0 Å². The van der Waals surface area contributed by atoms with Crippen molar-refractivity contribution in [3.8, 4) is 0 Å². The summed E-state index contributed by atoms with van der Waals surface area (Å²) in [5, 5.41) is 8.96. The third kappa shape index (κ3) is 3.48. The third-order valence-electron chi connectivity index (χ3n) is 3.65. The highest BCUT2D eigenvalue weighted by Gasteiger charge is 2.37. The zero-order valence-corrected chi connectivity index (χ0v) is 11.7. The molecule has 2 aliphatic heterocycles. The molecule has 2 heterocycles. The summed E-state index contributed by atoms with van der Waals surface area (Å²) < 4.78 is 11.4. The van der Waals surface area contributed by atoms with Gasteiger partial charge in [0.05, 0.1) is 0 Å². The van der Waals surface area contributed by atoms with Crippen molar-refractivity contribution < 1.29 is 19.4 Å². The summed E-state index contributed by atoms with van der Waals surface area (Å²) in [5.74, 6) is 0.800. The van der Waals surface area contributed by atoms with Crippen LogP contribution in [0.3, 0.4) is 0 Å². The Labute approximate surface area is 114 Å². The number of aliphatic hydroxyl groups is 1. The molecule has 19 heavy (non-hydrogen) atoms. The first-order valence-corrected chi connectivity index (χ1v) is 7.07.